The van der Waals surface area contributed by atoms with Crippen LogP contribution in [0.3, 0.4) is 0 Å². The fourth-order valence-corrected chi connectivity index (χ4v) is 3.20. The molecule has 1 aliphatic rings. The summed E-state index contributed by atoms with van der Waals surface area (Å²) in [5, 5.41) is 2.75. The Labute approximate surface area is 179 Å². The minimum absolute atomic E-state index is 0.0405. The number of carbonyl (C=O) groups excluding carboxylic acids is 1. The van der Waals surface area contributed by atoms with Crippen LogP contribution >= 0.6 is 0 Å². The molecule has 1 aliphatic heterocycles. The Balaban J connectivity index is 1.66. The molecule has 31 heavy (non-hydrogen) atoms. The van der Waals surface area contributed by atoms with Crippen molar-refractivity contribution in [2.45, 2.75) is 32.0 Å². The minimum Gasteiger partial charge on any atom is -0.493 e. The average Bonchev–Trinajstić information content (AvgIpc) is 2.78. The molecule has 1 fully saturated rings. The van der Waals surface area contributed by atoms with Gasteiger partial charge in [0.1, 0.15) is 12.4 Å². The second-order valence-electron chi connectivity index (χ2n) is 6.88. The normalized spacial score (nSPS) is 16.3. The van der Waals surface area contributed by atoms with Gasteiger partial charge in [0.05, 0.1) is 18.9 Å². The second kappa shape index (κ2) is 11.3. The highest BCUT2D eigenvalue weighted by molar-refractivity contribution is 6.03. The van der Waals surface area contributed by atoms with Crippen molar-refractivity contribution >= 4 is 17.7 Å². The highest BCUT2D eigenvalue weighted by Crippen LogP contribution is 2.33. The summed E-state index contributed by atoms with van der Waals surface area (Å²) in [5.74, 6) is 0.0871. The Hall–Kier alpha value is -3.13. The summed E-state index contributed by atoms with van der Waals surface area (Å²) in [6.07, 6.45) is 5.77. The molecule has 0 saturated carbocycles. The van der Waals surface area contributed by atoms with E-state index in [1.165, 1.54) is 25.3 Å². The van der Waals surface area contributed by atoms with Crippen LogP contribution in [0.25, 0.3) is 6.08 Å². The summed E-state index contributed by atoms with van der Waals surface area (Å²) in [4.78, 5) is 12.4. The van der Waals surface area contributed by atoms with E-state index < -0.39 is 12.5 Å². The molecule has 0 aromatic heterocycles. The van der Waals surface area contributed by atoms with Gasteiger partial charge >= 0.3 is 6.61 Å². The van der Waals surface area contributed by atoms with Crippen LogP contribution in [0, 0.1) is 0 Å². The van der Waals surface area contributed by atoms with Crippen molar-refractivity contribution in [1.29, 1.82) is 0 Å². The number of carbonyl (C=O) groups is 1. The standard InChI is InChI=1S/C23H25F2NO5/c1-28-20-11-6-7-16(22(20)31-23(24)25)12-13-21(27)26-18-9-2-3-10-19(18)30-15-17-8-4-5-14-29-17/h2-3,6-7,9-13,17,23H,4-5,8,14-15H2,1H3,(H,26,27)/b13-12+. The smallest absolute Gasteiger partial charge is 0.387 e. The second-order valence-corrected chi connectivity index (χ2v) is 6.88. The number of halogens is 2. The Morgan fingerprint density at radius 1 is 1.19 bits per heavy atom. The Kier molecular flexibility index (Phi) is 8.23. The maximum absolute atomic E-state index is 12.8. The van der Waals surface area contributed by atoms with Crippen molar-refractivity contribution in [2.75, 3.05) is 25.6 Å². The summed E-state index contributed by atoms with van der Waals surface area (Å²) in [6, 6.07) is 11.7. The van der Waals surface area contributed by atoms with Crippen molar-refractivity contribution in [3.05, 3.63) is 54.1 Å². The van der Waals surface area contributed by atoms with E-state index in [9.17, 15) is 13.6 Å². The fraction of sp³-hybridized carbons (Fsp3) is 0.348. The van der Waals surface area contributed by atoms with Crippen molar-refractivity contribution in [3.8, 4) is 17.2 Å². The highest BCUT2D eigenvalue weighted by atomic mass is 19.3. The van der Waals surface area contributed by atoms with Gasteiger partial charge in [0, 0.05) is 18.2 Å². The zero-order valence-corrected chi connectivity index (χ0v) is 17.2. The van der Waals surface area contributed by atoms with Gasteiger partial charge < -0.3 is 24.3 Å². The SMILES string of the molecule is COc1cccc(/C=C/C(=O)Nc2ccccc2OCC2CCCCO2)c1OC(F)F. The number of rotatable bonds is 9. The van der Waals surface area contributed by atoms with Crippen molar-refractivity contribution in [2.24, 2.45) is 0 Å². The van der Waals surface area contributed by atoms with E-state index in [0.717, 1.165) is 25.9 Å². The van der Waals surface area contributed by atoms with Gasteiger partial charge in [-0.15, -0.1) is 0 Å². The van der Waals surface area contributed by atoms with Gasteiger partial charge in [-0.25, -0.2) is 0 Å². The number of amides is 1. The quantitative estimate of drug-likeness (QED) is 0.570. The zero-order chi connectivity index (χ0) is 22.1. The molecule has 2 aromatic carbocycles. The topological polar surface area (TPSA) is 66.0 Å². The average molecular weight is 433 g/mol. The van der Waals surface area contributed by atoms with E-state index in [2.05, 4.69) is 10.1 Å². The molecule has 0 spiro atoms. The molecule has 2 aromatic rings. The van der Waals surface area contributed by atoms with Crippen LogP contribution in [-0.2, 0) is 9.53 Å². The molecular formula is C23H25F2NO5. The third-order valence-corrected chi connectivity index (χ3v) is 4.69. The van der Waals surface area contributed by atoms with Crippen LogP contribution in [-0.4, -0.2) is 38.9 Å². The van der Waals surface area contributed by atoms with Crippen molar-refractivity contribution in [3.63, 3.8) is 0 Å². The number of benzene rings is 2. The number of anilines is 1. The molecular weight excluding hydrogens is 408 g/mol. The van der Waals surface area contributed by atoms with E-state index >= 15 is 0 Å². The molecule has 3 rings (SSSR count). The molecule has 1 unspecified atom stereocenters. The molecule has 0 aliphatic carbocycles. The van der Waals surface area contributed by atoms with Gasteiger partial charge in [0.2, 0.25) is 5.91 Å². The summed E-state index contributed by atoms with van der Waals surface area (Å²) in [5.41, 5.74) is 0.788. The zero-order valence-electron chi connectivity index (χ0n) is 17.2. The summed E-state index contributed by atoms with van der Waals surface area (Å²) in [7, 11) is 1.35. The highest BCUT2D eigenvalue weighted by Gasteiger charge is 2.16. The maximum Gasteiger partial charge on any atom is 0.387 e. The third kappa shape index (κ3) is 6.68. The first-order valence-corrected chi connectivity index (χ1v) is 10.0. The molecule has 8 heteroatoms. The van der Waals surface area contributed by atoms with Crippen LogP contribution in [0.1, 0.15) is 24.8 Å². The van der Waals surface area contributed by atoms with Crippen LogP contribution in [0.4, 0.5) is 14.5 Å². The van der Waals surface area contributed by atoms with Gasteiger partial charge in [-0.1, -0.05) is 24.3 Å². The lowest BCUT2D eigenvalue weighted by molar-refractivity contribution is -0.111. The lowest BCUT2D eigenvalue weighted by Gasteiger charge is -2.23. The van der Waals surface area contributed by atoms with Gasteiger partial charge in [0.15, 0.2) is 11.5 Å². The number of alkyl halides is 2. The summed E-state index contributed by atoms with van der Waals surface area (Å²) in [6.45, 7) is -1.88. The number of nitrogens with one attached hydrogen (secondary N) is 1. The minimum atomic E-state index is -3.02. The Morgan fingerprint density at radius 2 is 2.00 bits per heavy atom. The van der Waals surface area contributed by atoms with Crippen LogP contribution in [0.2, 0.25) is 0 Å². The van der Waals surface area contributed by atoms with E-state index in [1.54, 1.807) is 30.3 Å². The lowest BCUT2D eigenvalue weighted by atomic mass is 10.1. The van der Waals surface area contributed by atoms with E-state index in [0.29, 0.717) is 18.0 Å². The maximum atomic E-state index is 12.8. The van der Waals surface area contributed by atoms with Crippen LogP contribution < -0.4 is 19.5 Å². The van der Waals surface area contributed by atoms with Gasteiger partial charge in [-0.05, 0) is 43.5 Å². The van der Waals surface area contributed by atoms with Crippen LogP contribution in [0.5, 0.6) is 17.2 Å². The molecule has 1 heterocycles. The monoisotopic (exact) mass is 433 g/mol. The number of hydrogen-bond acceptors (Lipinski definition) is 5. The molecule has 6 nitrogen and oxygen atoms in total. The molecule has 0 bridgehead atoms. The molecule has 166 valence electrons. The predicted molar refractivity (Wildman–Crippen MR) is 113 cm³/mol. The molecule has 1 amide bonds. The molecule has 1 saturated heterocycles. The summed E-state index contributed by atoms with van der Waals surface area (Å²) >= 11 is 0. The van der Waals surface area contributed by atoms with E-state index in [4.69, 9.17) is 14.2 Å². The van der Waals surface area contributed by atoms with Crippen molar-refractivity contribution < 1.29 is 32.5 Å². The number of hydrogen-bond donors (Lipinski definition) is 1. The number of methoxy groups -OCH3 is 1. The Morgan fingerprint density at radius 3 is 2.74 bits per heavy atom. The predicted octanol–water partition coefficient (Wildman–Crippen LogP) is 4.90. The molecule has 0 radical (unpaired) electrons. The first-order chi connectivity index (χ1) is 15.1. The Bertz CT molecular complexity index is 897. The van der Waals surface area contributed by atoms with Gasteiger partial charge in [0.25, 0.3) is 0 Å². The van der Waals surface area contributed by atoms with E-state index in [-0.39, 0.29) is 23.2 Å². The first kappa shape index (κ1) is 22.6. The molecule has 1 atom stereocenters. The van der Waals surface area contributed by atoms with Gasteiger partial charge in [-0.2, -0.15) is 8.78 Å². The number of para-hydroxylation sites is 3. The van der Waals surface area contributed by atoms with Gasteiger partial charge in [-0.3, -0.25) is 4.79 Å². The molecule has 1 N–H and O–H groups in total. The third-order valence-electron chi connectivity index (χ3n) is 4.69. The lowest BCUT2D eigenvalue weighted by Crippen LogP contribution is -2.26. The van der Waals surface area contributed by atoms with Crippen molar-refractivity contribution in [1.82, 2.24) is 0 Å². The first-order valence-electron chi connectivity index (χ1n) is 10.0. The van der Waals surface area contributed by atoms with E-state index in [1.807, 2.05) is 6.07 Å². The van der Waals surface area contributed by atoms with Crippen LogP contribution in [0.15, 0.2) is 48.5 Å². The number of ether oxygens (including phenoxy) is 4. The summed E-state index contributed by atoms with van der Waals surface area (Å²) < 4.78 is 46.6. The largest absolute Gasteiger partial charge is 0.493 e. The fourth-order valence-electron chi connectivity index (χ4n) is 3.20.